The van der Waals surface area contributed by atoms with Gasteiger partial charge in [0, 0.05) is 11.8 Å². The molecule has 23 heavy (non-hydrogen) atoms. The summed E-state index contributed by atoms with van der Waals surface area (Å²) in [7, 11) is 1.73. The number of carbonyl (C=O) groups is 1. The highest BCUT2D eigenvalue weighted by Gasteiger charge is 2.49. The van der Waals surface area contributed by atoms with Gasteiger partial charge in [0.2, 0.25) is 0 Å². The molecular formula is C21H28O2. The standard InChI is InChI=1S/C21H28O2/c1-5-6-20(22)21(3)12-11-19-17(14(21)2)9-7-15-13-16(23-4)8-10-18(15)19/h5,8,10,13-14,17,19H,1,6-7,9,11-12H2,2-4H3. The van der Waals surface area contributed by atoms with Gasteiger partial charge < -0.3 is 4.74 Å². The predicted molar refractivity (Wildman–Crippen MR) is 93.9 cm³/mol. The summed E-state index contributed by atoms with van der Waals surface area (Å²) in [5, 5.41) is 0. The van der Waals surface area contributed by atoms with Crippen molar-refractivity contribution in [3.05, 3.63) is 42.0 Å². The fourth-order valence-electron chi connectivity index (χ4n) is 4.92. The average Bonchev–Trinajstić information content (AvgIpc) is 2.57. The van der Waals surface area contributed by atoms with Crippen molar-refractivity contribution in [2.75, 3.05) is 7.11 Å². The number of methoxy groups -OCH3 is 1. The van der Waals surface area contributed by atoms with E-state index in [9.17, 15) is 4.79 Å². The zero-order chi connectivity index (χ0) is 16.6. The molecule has 1 aromatic carbocycles. The van der Waals surface area contributed by atoms with E-state index in [1.54, 1.807) is 13.2 Å². The molecule has 1 aromatic rings. The Labute approximate surface area is 139 Å². The monoisotopic (exact) mass is 312 g/mol. The van der Waals surface area contributed by atoms with Crippen molar-refractivity contribution in [1.29, 1.82) is 0 Å². The maximum atomic E-state index is 12.6. The molecule has 4 unspecified atom stereocenters. The summed E-state index contributed by atoms with van der Waals surface area (Å²) in [6.07, 6.45) is 6.66. The van der Waals surface area contributed by atoms with Crippen molar-refractivity contribution in [1.82, 2.24) is 0 Å². The van der Waals surface area contributed by atoms with Crippen LogP contribution >= 0.6 is 0 Å². The minimum absolute atomic E-state index is 0.181. The summed E-state index contributed by atoms with van der Waals surface area (Å²) in [6.45, 7) is 8.23. The molecule has 2 heteroatoms. The van der Waals surface area contributed by atoms with Crippen molar-refractivity contribution in [3.8, 4) is 5.75 Å². The van der Waals surface area contributed by atoms with Gasteiger partial charge in [0.25, 0.3) is 0 Å². The summed E-state index contributed by atoms with van der Waals surface area (Å²) in [6, 6.07) is 6.54. The highest BCUT2D eigenvalue weighted by atomic mass is 16.5. The maximum Gasteiger partial charge on any atom is 0.142 e. The van der Waals surface area contributed by atoms with E-state index in [1.165, 1.54) is 17.5 Å². The van der Waals surface area contributed by atoms with E-state index in [-0.39, 0.29) is 5.41 Å². The van der Waals surface area contributed by atoms with Crippen LogP contribution in [0.4, 0.5) is 0 Å². The van der Waals surface area contributed by atoms with Crippen molar-refractivity contribution in [2.45, 2.75) is 51.9 Å². The first-order valence-corrected chi connectivity index (χ1v) is 8.82. The van der Waals surface area contributed by atoms with Gasteiger partial charge in [-0.15, -0.1) is 6.58 Å². The van der Waals surface area contributed by atoms with Gasteiger partial charge in [-0.3, -0.25) is 4.79 Å². The zero-order valence-corrected chi connectivity index (χ0v) is 14.6. The molecule has 0 N–H and O–H groups in total. The van der Waals surface area contributed by atoms with Crippen LogP contribution in [-0.4, -0.2) is 12.9 Å². The Hall–Kier alpha value is -1.57. The number of benzene rings is 1. The smallest absolute Gasteiger partial charge is 0.142 e. The van der Waals surface area contributed by atoms with Crippen LogP contribution in [0.1, 0.15) is 56.6 Å². The Morgan fingerprint density at radius 1 is 1.43 bits per heavy atom. The minimum Gasteiger partial charge on any atom is -0.497 e. The van der Waals surface area contributed by atoms with Crippen LogP contribution in [0.3, 0.4) is 0 Å². The minimum atomic E-state index is -0.181. The van der Waals surface area contributed by atoms with Gasteiger partial charge in [-0.05, 0) is 66.7 Å². The Morgan fingerprint density at radius 2 is 2.22 bits per heavy atom. The van der Waals surface area contributed by atoms with Gasteiger partial charge >= 0.3 is 0 Å². The Balaban J connectivity index is 1.89. The lowest BCUT2D eigenvalue weighted by Gasteiger charge is -2.50. The molecule has 0 saturated heterocycles. The first kappa shape index (κ1) is 16.3. The van der Waals surface area contributed by atoms with Gasteiger partial charge in [-0.1, -0.05) is 26.0 Å². The molecule has 0 spiro atoms. The molecule has 124 valence electrons. The number of hydrogen-bond donors (Lipinski definition) is 0. The van der Waals surface area contributed by atoms with Crippen molar-refractivity contribution in [3.63, 3.8) is 0 Å². The lowest BCUT2D eigenvalue weighted by atomic mass is 9.54. The molecule has 2 nitrogen and oxygen atoms in total. The SMILES string of the molecule is C=CCC(=O)C1(C)CCC2c3ccc(OC)cc3CCC2C1C. The molecule has 0 heterocycles. The molecule has 2 aliphatic carbocycles. The summed E-state index contributed by atoms with van der Waals surface area (Å²) < 4.78 is 5.37. The van der Waals surface area contributed by atoms with E-state index in [0.29, 0.717) is 30.0 Å². The summed E-state index contributed by atoms with van der Waals surface area (Å²) in [5.41, 5.74) is 2.75. The maximum absolute atomic E-state index is 12.6. The number of carbonyl (C=O) groups excluding carboxylic acids is 1. The summed E-state index contributed by atoms with van der Waals surface area (Å²) in [4.78, 5) is 12.6. The topological polar surface area (TPSA) is 26.3 Å². The number of hydrogen-bond acceptors (Lipinski definition) is 2. The third-order valence-corrected chi connectivity index (χ3v) is 6.60. The van der Waals surface area contributed by atoms with Crippen molar-refractivity contribution in [2.24, 2.45) is 17.3 Å². The quantitative estimate of drug-likeness (QED) is 0.737. The number of ketones is 1. The molecule has 1 saturated carbocycles. The molecule has 0 aliphatic heterocycles. The van der Waals surface area contributed by atoms with Crippen LogP contribution in [0, 0.1) is 17.3 Å². The zero-order valence-electron chi connectivity index (χ0n) is 14.6. The third kappa shape index (κ3) is 2.62. The van der Waals surface area contributed by atoms with Gasteiger partial charge in [-0.25, -0.2) is 0 Å². The second-order valence-electron chi connectivity index (χ2n) is 7.53. The Kier molecular flexibility index (Phi) is 4.35. The largest absolute Gasteiger partial charge is 0.497 e. The molecule has 4 atom stereocenters. The van der Waals surface area contributed by atoms with Crippen LogP contribution in [0.2, 0.25) is 0 Å². The van der Waals surface area contributed by atoms with Crippen molar-refractivity contribution >= 4 is 5.78 Å². The van der Waals surface area contributed by atoms with E-state index in [0.717, 1.165) is 25.0 Å². The van der Waals surface area contributed by atoms with Crippen LogP contribution in [0.25, 0.3) is 0 Å². The number of rotatable bonds is 4. The number of fused-ring (bicyclic) bond motifs is 3. The number of ether oxygens (including phenoxy) is 1. The fraction of sp³-hybridized carbons (Fsp3) is 0.571. The van der Waals surface area contributed by atoms with E-state index in [2.05, 4.69) is 38.6 Å². The lowest BCUT2D eigenvalue weighted by Crippen LogP contribution is -2.45. The highest BCUT2D eigenvalue weighted by molar-refractivity contribution is 5.86. The molecule has 3 rings (SSSR count). The first-order chi connectivity index (χ1) is 11.0. The Morgan fingerprint density at radius 3 is 2.91 bits per heavy atom. The summed E-state index contributed by atoms with van der Waals surface area (Å²) in [5.74, 6) is 2.98. The number of aryl methyl sites for hydroxylation is 1. The van der Waals surface area contributed by atoms with Crippen LogP contribution < -0.4 is 4.74 Å². The molecule has 0 amide bonds. The second kappa shape index (κ2) is 6.14. The summed E-state index contributed by atoms with van der Waals surface area (Å²) >= 11 is 0. The fourth-order valence-corrected chi connectivity index (χ4v) is 4.92. The van der Waals surface area contributed by atoms with Gasteiger partial charge in [0.1, 0.15) is 11.5 Å². The highest BCUT2D eigenvalue weighted by Crippen LogP contribution is 2.55. The van der Waals surface area contributed by atoms with Crippen LogP contribution in [0.15, 0.2) is 30.9 Å². The van der Waals surface area contributed by atoms with Crippen LogP contribution in [-0.2, 0) is 11.2 Å². The number of Topliss-reactive ketones (excluding diaryl/α,β-unsaturated/α-hetero) is 1. The van der Waals surface area contributed by atoms with Gasteiger partial charge in [0.05, 0.1) is 7.11 Å². The van der Waals surface area contributed by atoms with E-state index in [1.807, 2.05) is 0 Å². The lowest BCUT2D eigenvalue weighted by molar-refractivity contribution is -0.134. The van der Waals surface area contributed by atoms with Crippen LogP contribution in [0.5, 0.6) is 5.75 Å². The number of allylic oxidation sites excluding steroid dienone is 1. The second-order valence-corrected chi connectivity index (χ2v) is 7.53. The average molecular weight is 312 g/mol. The molecule has 1 fully saturated rings. The molecule has 0 aromatic heterocycles. The molecule has 2 aliphatic rings. The predicted octanol–water partition coefficient (Wildman–Crippen LogP) is 4.92. The third-order valence-electron chi connectivity index (χ3n) is 6.60. The molecule has 0 radical (unpaired) electrons. The normalized spacial score (nSPS) is 32.6. The van der Waals surface area contributed by atoms with Crippen molar-refractivity contribution < 1.29 is 9.53 Å². The molecular weight excluding hydrogens is 284 g/mol. The van der Waals surface area contributed by atoms with E-state index in [4.69, 9.17) is 4.74 Å². The van der Waals surface area contributed by atoms with E-state index < -0.39 is 0 Å². The van der Waals surface area contributed by atoms with Gasteiger partial charge in [-0.2, -0.15) is 0 Å². The molecule has 0 bridgehead atoms. The van der Waals surface area contributed by atoms with E-state index >= 15 is 0 Å². The van der Waals surface area contributed by atoms with Gasteiger partial charge in [0.15, 0.2) is 0 Å². The first-order valence-electron chi connectivity index (χ1n) is 8.82. The Bertz CT molecular complexity index is 618.